The molecule has 25 heavy (non-hydrogen) atoms. The van der Waals surface area contributed by atoms with Crippen molar-refractivity contribution in [2.24, 2.45) is 0 Å². The third-order valence-corrected chi connectivity index (χ3v) is 5.28. The molecule has 0 spiro atoms. The second-order valence-electron chi connectivity index (χ2n) is 5.86. The molecule has 4 aromatic rings. The molecule has 2 aromatic heterocycles. The molecular formula is C23H23NS. The molecule has 0 radical (unpaired) electrons. The molecule has 126 valence electrons. The molecule has 0 aliphatic carbocycles. The molecular weight excluding hydrogens is 322 g/mol. The van der Waals surface area contributed by atoms with E-state index in [1.165, 1.54) is 30.3 Å². The van der Waals surface area contributed by atoms with E-state index in [0.717, 1.165) is 29.7 Å². The molecule has 4 rings (SSSR count). The van der Waals surface area contributed by atoms with Gasteiger partial charge in [-0.3, -0.25) is 4.98 Å². The van der Waals surface area contributed by atoms with Crippen molar-refractivity contribution in [3.05, 3.63) is 65.4 Å². The Morgan fingerprint density at radius 1 is 1.00 bits per heavy atom. The Labute approximate surface area is 174 Å². The highest BCUT2D eigenvalue weighted by Gasteiger charge is 2.17. The average Bonchev–Trinajstić information content (AvgIpc) is 3.13. The van der Waals surface area contributed by atoms with Gasteiger partial charge in [-0.05, 0) is 54.0 Å². The van der Waals surface area contributed by atoms with Gasteiger partial charge >= 0.3 is 0 Å². The third-order valence-electron chi connectivity index (χ3n) is 4.09. The maximum Gasteiger partial charge on any atom is 0.0719 e. The summed E-state index contributed by atoms with van der Waals surface area (Å²) in [6.45, 7) is -15.3. The van der Waals surface area contributed by atoms with Gasteiger partial charge in [0.25, 0.3) is 0 Å². The van der Waals surface area contributed by atoms with Crippen molar-refractivity contribution in [1.29, 1.82) is 0 Å². The number of aryl methyl sites for hydroxylation is 2. The highest BCUT2D eigenvalue weighted by atomic mass is 32.1. The van der Waals surface area contributed by atoms with Gasteiger partial charge < -0.3 is 0 Å². The number of thiophene rings is 1. The maximum atomic E-state index is 8.05. The van der Waals surface area contributed by atoms with Crippen LogP contribution >= 0.6 is 11.3 Å². The van der Waals surface area contributed by atoms with Crippen LogP contribution in [0.2, 0.25) is 0 Å². The number of benzene rings is 2. The van der Waals surface area contributed by atoms with Crippen molar-refractivity contribution in [3.8, 4) is 11.3 Å². The summed E-state index contributed by atoms with van der Waals surface area (Å²) in [7, 11) is 0. The Bertz CT molecular complexity index is 1550. The van der Waals surface area contributed by atoms with Gasteiger partial charge in [0.05, 0.1) is 5.69 Å². The second kappa shape index (κ2) is 5.67. The highest BCUT2D eigenvalue weighted by Crippen LogP contribution is 2.41. The molecule has 0 bridgehead atoms. The third kappa shape index (κ3) is 2.75. The van der Waals surface area contributed by atoms with E-state index in [1.54, 1.807) is 0 Å². The van der Waals surface area contributed by atoms with E-state index in [4.69, 9.17) is 20.6 Å². The van der Waals surface area contributed by atoms with E-state index < -0.39 is 45.2 Å². The smallest absolute Gasteiger partial charge is 0.0719 e. The van der Waals surface area contributed by atoms with Gasteiger partial charge in [-0.15, -0.1) is 11.3 Å². The van der Waals surface area contributed by atoms with Crippen LogP contribution in [-0.4, -0.2) is 4.98 Å². The SMILES string of the molecule is [2H]C([2H])([2H])c1ccc2c(c1)sc1c(-c3cc(C(C([2H])([2H])[2H])(C([2H])([2H])[2H])C([2H])([2H])[2H])ccn3)ccc(C([2H])([2H])[2H])c12. The molecule has 0 aliphatic heterocycles. The van der Waals surface area contributed by atoms with E-state index >= 15 is 0 Å². The van der Waals surface area contributed by atoms with E-state index in [1.807, 2.05) is 0 Å². The minimum Gasteiger partial charge on any atom is -0.256 e. The molecule has 0 fully saturated rings. The lowest BCUT2D eigenvalue weighted by Crippen LogP contribution is -2.11. The van der Waals surface area contributed by atoms with Gasteiger partial charge in [0.2, 0.25) is 0 Å². The van der Waals surface area contributed by atoms with Crippen LogP contribution in [0.3, 0.4) is 0 Å². The van der Waals surface area contributed by atoms with Gasteiger partial charge in [-0.1, -0.05) is 44.8 Å². The number of nitrogens with zero attached hydrogens (tertiary/aromatic N) is 1. The molecule has 2 heteroatoms. The summed E-state index contributed by atoms with van der Waals surface area (Å²) in [6.07, 6.45) is 1.12. The number of aromatic nitrogens is 1. The van der Waals surface area contributed by atoms with Crippen LogP contribution in [-0.2, 0) is 5.41 Å². The Kier molecular flexibility index (Phi) is 1.48. The summed E-state index contributed by atoms with van der Waals surface area (Å²) in [6, 6.07) is 9.33. The first-order valence-corrected chi connectivity index (χ1v) is 8.30. The molecule has 0 atom stereocenters. The second-order valence-corrected chi connectivity index (χ2v) is 6.91. The van der Waals surface area contributed by atoms with E-state index in [2.05, 4.69) is 4.98 Å². The van der Waals surface area contributed by atoms with Crippen molar-refractivity contribution >= 4 is 31.5 Å². The first kappa shape index (κ1) is 6.51. The van der Waals surface area contributed by atoms with Crippen LogP contribution in [0.4, 0.5) is 0 Å². The van der Waals surface area contributed by atoms with Crippen LogP contribution in [0.15, 0.2) is 48.7 Å². The number of fused-ring (bicyclic) bond motifs is 3. The Morgan fingerprint density at radius 3 is 2.72 bits per heavy atom. The maximum absolute atomic E-state index is 8.05. The number of hydrogen-bond acceptors (Lipinski definition) is 2. The summed E-state index contributed by atoms with van der Waals surface area (Å²) in [4.78, 5) is 4.26. The minimum absolute atomic E-state index is 0.00268. The summed E-state index contributed by atoms with van der Waals surface area (Å²) < 4.78 is 120. The molecule has 0 amide bonds. The molecule has 0 unspecified atom stereocenters. The molecule has 0 aliphatic rings. The molecule has 1 nitrogen and oxygen atoms in total. The summed E-state index contributed by atoms with van der Waals surface area (Å²) in [5.41, 5.74) is -3.34. The average molecular weight is 361 g/mol. The molecule has 2 heterocycles. The van der Waals surface area contributed by atoms with Crippen molar-refractivity contribution in [1.82, 2.24) is 4.98 Å². The lowest BCUT2D eigenvalue weighted by Gasteiger charge is -2.19. The number of hydrogen-bond donors (Lipinski definition) is 0. The fraction of sp³-hybridized carbons (Fsp3) is 0.261. The highest BCUT2D eigenvalue weighted by molar-refractivity contribution is 7.26. The fourth-order valence-electron chi connectivity index (χ4n) is 2.89. The van der Waals surface area contributed by atoms with Crippen LogP contribution < -0.4 is 0 Å². The van der Waals surface area contributed by atoms with Crippen molar-refractivity contribution in [3.63, 3.8) is 0 Å². The topological polar surface area (TPSA) is 12.9 Å². The Balaban J connectivity index is 2.09. The van der Waals surface area contributed by atoms with Gasteiger partial charge in [-0.25, -0.2) is 0 Å². The Hall–Kier alpha value is -2.19. The minimum atomic E-state index is -3.47. The van der Waals surface area contributed by atoms with E-state index in [-0.39, 0.29) is 16.8 Å². The number of pyridine rings is 1. The predicted molar refractivity (Wildman–Crippen MR) is 111 cm³/mol. The fourth-order valence-corrected chi connectivity index (χ4v) is 4.18. The predicted octanol–water partition coefficient (Wildman–Crippen LogP) is 7.03. The van der Waals surface area contributed by atoms with Crippen LogP contribution in [0.25, 0.3) is 31.4 Å². The first-order valence-electron chi connectivity index (χ1n) is 15.0. The molecule has 0 N–H and O–H groups in total. The quantitative estimate of drug-likeness (QED) is 0.355. The summed E-state index contributed by atoms with van der Waals surface area (Å²) >= 11 is 1.10. The van der Waals surface area contributed by atoms with E-state index in [0.29, 0.717) is 25.7 Å². The lowest BCUT2D eigenvalue weighted by atomic mass is 9.87. The van der Waals surface area contributed by atoms with Crippen LogP contribution in [0.1, 0.15) is 57.8 Å². The molecule has 0 saturated heterocycles. The van der Waals surface area contributed by atoms with Gasteiger partial charge in [0, 0.05) is 52.5 Å². The van der Waals surface area contributed by atoms with E-state index in [9.17, 15) is 0 Å². The zero-order valence-electron chi connectivity index (χ0n) is 28.0. The zero-order chi connectivity index (χ0) is 30.3. The van der Waals surface area contributed by atoms with Gasteiger partial charge in [0.15, 0.2) is 0 Å². The standard InChI is InChI=1S/C23H23NS/c1-14-6-8-18-20(12-14)25-22-17(9-7-15(2)21(18)22)19-13-16(10-11-24-19)23(3,4)5/h6-13H,1-5H3/i1D3,2D3,3D3,4D3,5D3. The lowest BCUT2D eigenvalue weighted by molar-refractivity contribution is 0.589. The van der Waals surface area contributed by atoms with Crippen LogP contribution in [0.5, 0.6) is 0 Å². The van der Waals surface area contributed by atoms with Gasteiger partial charge in [-0.2, -0.15) is 0 Å². The summed E-state index contributed by atoms with van der Waals surface area (Å²) in [5.74, 6) is 0. The van der Waals surface area contributed by atoms with Crippen molar-refractivity contribution in [2.75, 3.05) is 0 Å². The normalized spacial score (nSPS) is 23.6. The monoisotopic (exact) mass is 360 g/mol. The molecule has 0 saturated carbocycles. The first-order chi connectivity index (χ1) is 18.0. The largest absolute Gasteiger partial charge is 0.256 e. The van der Waals surface area contributed by atoms with Gasteiger partial charge in [0.1, 0.15) is 0 Å². The molecule has 2 aromatic carbocycles. The summed E-state index contributed by atoms with van der Waals surface area (Å²) in [5, 5.41) is 0.800. The van der Waals surface area contributed by atoms with Crippen molar-refractivity contribution < 1.29 is 20.6 Å². The van der Waals surface area contributed by atoms with Crippen LogP contribution in [0, 0.1) is 13.7 Å². The number of rotatable bonds is 1. The van der Waals surface area contributed by atoms with Crippen molar-refractivity contribution in [2.45, 2.75) is 39.7 Å². The Morgan fingerprint density at radius 2 is 1.92 bits per heavy atom. The zero-order valence-corrected chi connectivity index (χ0v) is 13.8.